The lowest BCUT2D eigenvalue weighted by Crippen LogP contribution is -2.09. The summed E-state index contributed by atoms with van der Waals surface area (Å²) in [4.78, 5) is 20.5. The highest BCUT2D eigenvalue weighted by Crippen LogP contribution is 2.26. The van der Waals surface area contributed by atoms with Gasteiger partial charge >= 0.3 is 5.97 Å². The number of ether oxygens (including phenoxy) is 2. The van der Waals surface area contributed by atoms with Crippen molar-refractivity contribution < 1.29 is 14.3 Å². The quantitative estimate of drug-likeness (QED) is 0.545. The van der Waals surface area contributed by atoms with E-state index in [9.17, 15) is 4.79 Å². The lowest BCUT2D eigenvalue weighted by atomic mass is 10.2. The van der Waals surface area contributed by atoms with Crippen LogP contribution in [-0.2, 0) is 0 Å². The van der Waals surface area contributed by atoms with Crippen LogP contribution in [0.1, 0.15) is 10.4 Å². The summed E-state index contributed by atoms with van der Waals surface area (Å²) in [7, 11) is 1.53. The predicted octanol–water partition coefficient (Wildman–Crippen LogP) is 2.86. The highest BCUT2D eigenvalue weighted by molar-refractivity contribution is 5.94. The fourth-order valence-corrected chi connectivity index (χ4v) is 1.95. The molecule has 0 aliphatic rings. The third-order valence-electron chi connectivity index (χ3n) is 2.98. The highest BCUT2D eigenvalue weighted by Gasteiger charge is 2.12. The Bertz CT molecular complexity index is 802. The molecular weight excluding hydrogens is 268 g/mol. The van der Waals surface area contributed by atoms with E-state index in [0.717, 1.165) is 5.52 Å². The van der Waals surface area contributed by atoms with Gasteiger partial charge in [0.05, 0.1) is 23.7 Å². The largest absolute Gasteiger partial charge is 0.493 e. The molecule has 0 N–H and O–H groups in total. The smallest absolute Gasteiger partial charge is 0.343 e. The molecule has 0 bridgehead atoms. The van der Waals surface area contributed by atoms with Crippen LogP contribution < -0.4 is 9.47 Å². The number of nitrogens with zero attached hydrogens (tertiary/aromatic N) is 2. The maximum Gasteiger partial charge on any atom is 0.343 e. The standard InChI is InChI=1S/C16H12N2O3/c1-20-14-4-2-3-5-15(14)21-16(19)11-6-7-12-13(10-11)18-9-8-17-12/h2-10H,1H3. The number of hydrogen-bond acceptors (Lipinski definition) is 5. The van der Waals surface area contributed by atoms with Crippen molar-refractivity contribution in [3.63, 3.8) is 0 Å². The Morgan fingerprint density at radius 2 is 1.67 bits per heavy atom. The molecule has 0 saturated carbocycles. The molecule has 0 atom stereocenters. The average Bonchev–Trinajstić information content (AvgIpc) is 2.55. The molecule has 0 aliphatic carbocycles. The summed E-state index contributed by atoms with van der Waals surface area (Å²) in [6.45, 7) is 0. The Balaban J connectivity index is 1.90. The Kier molecular flexibility index (Phi) is 3.47. The summed E-state index contributed by atoms with van der Waals surface area (Å²) < 4.78 is 10.5. The first-order valence-corrected chi connectivity index (χ1v) is 6.34. The van der Waals surface area contributed by atoms with Gasteiger partial charge in [0.15, 0.2) is 11.5 Å². The van der Waals surface area contributed by atoms with Crippen molar-refractivity contribution >= 4 is 17.0 Å². The molecule has 3 rings (SSSR count). The minimum Gasteiger partial charge on any atom is -0.493 e. The number of fused-ring (bicyclic) bond motifs is 1. The third kappa shape index (κ3) is 2.67. The second kappa shape index (κ2) is 5.58. The molecule has 0 radical (unpaired) electrons. The Labute approximate surface area is 121 Å². The van der Waals surface area contributed by atoms with E-state index < -0.39 is 5.97 Å². The minimum absolute atomic E-state index is 0.379. The number of carbonyl (C=O) groups excluding carboxylic acids is 1. The van der Waals surface area contributed by atoms with Gasteiger partial charge in [-0.3, -0.25) is 9.97 Å². The number of aromatic nitrogens is 2. The van der Waals surface area contributed by atoms with Gasteiger partial charge < -0.3 is 9.47 Å². The Morgan fingerprint density at radius 1 is 0.952 bits per heavy atom. The molecule has 5 heteroatoms. The van der Waals surface area contributed by atoms with Gasteiger partial charge in [0, 0.05) is 12.4 Å². The zero-order valence-corrected chi connectivity index (χ0v) is 11.3. The summed E-state index contributed by atoms with van der Waals surface area (Å²) in [5.41, 5.74) is 1.78. The van der Waals surface area contributed by atoms with E-state index >= 15 is 0 Å². The van der Waals surface area contributed by atoms with Crippen LogP contribution in [0.5, 0.6) is 11.5 Å². The number of benzene rings is 2. The van der Waals surface area contributed by atoms with E-state index in [4.69, 9.17) is 9.47 Å². The first-order valence-electron chi connectivity index (χ1n) is 6.34. The van der Waals surface area contributed by atoms with E-state index in [1.807, 2.05) is 6.07 Å². The van der Waals surface area contributed by atoms with Crippen molar-refractivity contribution in [2.24, 2.45) is 0 Å². The van der Waals surface area contributed by atoms with E-state index in [1.54, 1.807) is 48.8 Å². The van der Waals surface area contributed by atoms with Crippen molar-refractivity contribution in [1.29, 1.82) is 0 Å². The maximum atomic E-state index is 12.2. The number of rotatable bonds is 3. The van der Waals surface area contributed by atoms with Crippen LogP contribution in [0.2, 0.25) is 0 Å². The molecule has 0 unspecified atom stereocenters. The fourth-order valence-electron chi connectivity index (χ4n) is 1.95. The number of methoxy groups -OCH3 is 1. The first-order chi connectivity index (χ1) is 10.3. The van der Waals surface area contributed by atoms with Crippen LogP contribution >= 0.6 is 0 Å². The van der Waals surface area contributed by atoms with Gasteiger partial charge in [-0.1, -0.05) is 12.1 Å². The third-order valence-corrected chi connectivity index (χ3v) is 2.98. The maximum absolute atomic E-state index is 12.2. The molecular formula is C16H12N2O3. The van der Waals surface area contributed by atoms with Gasteiger partial charge in [0.1, 0.15) is 0 Å². The van der Waals surface area contributed by atoms with E-state index in [-0.39, 0.29) is 0 Å². The molecule has 1 heterocycles. The normalized spacial score (nSPS) is 10.3. The van der Waals surface area contributed by atoms with Gasteiger partial charge in [-0.05, 0) is 30.3 Å². The van der Waals surface area contributed by atoms with Crippen LogP contribution in [0.15, 0.2) is 54.9 Å². The Morgan fingerprint density at radius 3 is 2.43 bits per heavy atom. The summed E-state index contributed by atoms with van der Waals surface area (Å²) in [5, 5.41) is 0. The highest BCUT2D eigenvalue weighted by atomic mass is 16.6. The Hall–Kier alpha value is -2.95. The van der Waals surface area contributed by atoms with Crippen LogP contribution in [0.4, 0.5) is 0 Å². The molecule has 3 aromatic rings. The SMILES string of the molecule is COc1ccccc1OC(=O)c1ccc2nccnc2c1. The van der Waals surface area contributed by atoms with Crippen molar-refractivity contribution in [3.8, 4) is 11.5 Å². The lowest BCUT2D eigenvalue weighted by Gasteiger charge is -2.08. The molecule has 0 fully saturated rings. The molecule has 104 valence electrons. The second-order valence-corrected chi connectivity index (χ2v) is 4.30. The van der Waals surface area contributed by atoms with Crippen LogP contribution in [0, 0.1) is 0 Å². The molecule has 1 aromatic heterocycles. The number of para-hydroxylation sites is 2. The topological polar surface area (TPSA) is 61.3 Å². The van der Waals surface area contributed by atoms with E-state index in [0.29, 0.717) is 22.6 Å². The van der Waals surface area contributed by atoms with Crippen molar-refractivity contribution in [2.45, 2.75) is 0 Å². The molecule has 0 amide bonds. The van der Waals surface area contributed by atoms with Crippen molar-refractivity contribution in [2.75, 3.05) is 7.11 Å². The number of esters is 1. The molecule has 0 saturated heterocycles. The molecule has 2 aromatic carbocycles. The van der Waals surface area contributed by atoms with Crippen LogP contribution in [0.25, 0.3) is 11.0 Å². The summed E-state index contributed by atoms with van der Waals surface area (Å²) in [5.74, 6) is 0.419. The van der Waals surface area contributed by atoms with Gasteiger partial charge in [0.25, 0.3) is 0 Å². The number of hydrogen-bond donors (Lipinski definition) is 0. The zero-order valence-electron chi connectivity index (χ0n) is 11.3. The van der Waals surface area contributed by atoms with E-state index in [2.05, 4.69) is 9.97 Å². The average molecular weight is 280 g/mol. The van der Waals surface area contributed by atoms with E-state index in [1.165, 1.54) is 7.11 Å². The van der Waals surface area contributed by atoms with Gasteiger partial charge in [-0.15, -0.1) is 0 Å². The summed E-state index contributed by atoms with van der Waals surface area (Å²) in [6.07, 6.45) is 3.19. The van der Waals surface area contributed by atoms with Gasteiger partial charge in [0.2, 0.25) is 0 Å². The van der Waals surface area contributed by atoms with Crippen molar-refractivity contribution in [1.82, 2.24) is 9.97 Å². The first kappa shape index (κ1) is 13.1. The number of carbonyl (C=O) groups is 1. The minimum atomic E-state index is -0.466. The predicted molar refractivity (Wildman–Crippen MR) is 77.5 cm³/mol. The fraction of sp³-hybridized carbons (Fsp3) is 0.0625. The molecule has 0 spiro atoms. The molecule has 21 heavy (non-hydrogen) atoms. The zero-order chi connectivity index (χ0) is 14.7. The molecule has 5 nitrogen and oxygen atoms in total. The summed E-state index contributed by atoms with van der Waals surface area (Å²) in [6, 6.07) is 12.0. The van der Waals surface area contributed by atoms with Crippen molar-refractivity contribution in [3.05, 3.63) is 60.4 Å². The second-order valence-electron chi connectivity index (χ2n) is 4.30. The summed E-state index contributed by atoms with van der Waals surface area (Å²) >= 11 is 0. The van der Waals surface area contributed by atoms with Gasteiger partial charge in [-0.25, -0.2) is 4.79 Å². The lowest BCUT2D eigenvalue weighted by molar-refractivity contribution is 0.0730. The van der Waals surface area contributed by atoms with Gasteiger partial charge in [-0.2, -0.15) is 0 Å². The monoisotopic (exact) mass is 280 g/mol. The van der Waals surface area contributed by atoms with Crippen LogP contribution in [0.3, 0.4) is 0 Å². The van der Waals surface area contributed by atoms with Crippen LogP contribution in [-0.4, -0.2) is 23.0 Å². The molecule has 0 aliphatic heterocycles.